The second-order valence-electron chi connectivity index (χ2n) is 6.99. The summed E-state index contributed by atoms with van der Waals surface area (Å²) >= 11 is 6.12. The van der Waals surface area contributed by atoms with E-state index in [-0.39, 0.29) is 22.9 Å². The molecule has 3 aromatic carbocycles. The van der Waals surface area contributed by atoms with E-state index in [1.807, 2.05) is 6.92 Å². The number of amides is 1. The molecule has 9 heteroatoms. The number of hydrogen-bond donors (Lipinski definition) is 1. The summed E-state index contributed by atoms with van der Waals surface area (Å²) in [6.07, 6.45) is -1.09. The number of fused-ring (bicyclic) bond motifs is 1. The third-order valence-electron chi connectivity index (χ3n) is 4.86. The van der Waals surface area contributed by atoms with Gasteiger partial charge in [-0.05, 0) is 49.4 Å². The number of para-hydroxylation sites is 2. The lowest BCUT2D eigenvalue weighted by Crippen LogP contribution is -2.48. The molecule has 0 bridgehead atoms. The normalized spacial score (nSPS) is 15.4. The fourth-order valence-electron chi connectivity index (χ4n) is 3.37. The maximum atomic E-state index is 13.4. The maximum Gasteiger partial charge on any atom is 0.267 e. The number of benzene rings is 3. The quantitative estimate of drug-likeness (QED) is 0.577. The van der Waals surface area contributed by atoms with E-state index >= 15 is 0 Å². The highest BCUT2D eigenvalue weighted by molar-refractivity contribution is 7.92. The second-order valence-corrected chi connectivity index (χ2v) is 9.28. The van der Waals surface area contributed by atoms with Gasteiger partial charge >= 0.3 is 0 Å². The van der Waals surface area contributed by atoms with Gasteiger partial charge in [0.05, 0.1) is 29.4 Å². The van der Waals surface area contributed by atoms with Gasteiger partial charge in [0.1, 0.15) is 11.5 Å². The molecule has 1 atom stereocenters. The number of ether oxygens (including phenoxy) is 2. The Hall–Kier alpha value is -3.23. The van der Waals surface area contributed by atoms with Crippen LogP contribution in [0.25, 0.3) is 0 Å². The standard InChI is InChI=1S/C23H21ClN2O5S/c1-2-30-20-11-7-6-10-18(20)25-23(27)22-15-26(19-14-16(24)12-13-21(19)31-22)32(28,29)17-8-4-3-5-9-17/h3-14,22H,2,15H2,1H3,(H,25,27)/t22-/m0/s1. The molecule has 0 aromatic heterocycles. The Morgan fingerprint density at radius 1 is 1.12 bits per heavy atom. The lowest BCUT2D eigenvalue weighted by atomic mass is 10.2. The van der Waals surface area contributed by atoms with Crippen LogP contribution in [0.3, 0.4) is 0 Å². The fourth-order valence-corrected chi connectivity index (χ4v) is 5.03. The Bertz CT molecular complexity index is 1230. The zero-order valence-corrected chi connectivity index (χ0v) is 18.8. The first-order chi connectivity index (χ1) is 15.4. The molecule has 32 heavy (non-hydrogen) atoms. The number of carbonyl (C=O) groups is 1. The zero-order chi connectivity index (χ0) is 22.7. The summed E-state index contributed by atoms with van der Waals surface area (Å²) in [5.41, 5.74) is 0.752. The van der Waals surface area contributed by atoms with Crippen molar-refractivity contribution in [3.05, 3.63) is 77.8 Å². The van der Waals surface area contributed by atoms with Gasteiger partial charge in [-0.25, -0.2) is 8.42 Å². The van der Waals surface area contributed by atoms with Crippen molar-refractivity contribution in [2.24, 2.45) is 0 Å². The van der Waals surface area contributed by atoms with E-state index in [2.05, 4.69) is 5.32 Å². The Kier molecular flexibility index (Phi) is 6.25. The molecule has 0 saturated heterocycles. The van der Waals surface area contributed by atoms with Crippen LogP contribution >= 0.6 is 11.6 Å². The van der Waals surface area contributed by atoms with Crippen LogP contribution in [0, 0.1) is 0 Å². The Balaban J connectivity index is 1.68. The highest BCUT2D eigenvalue weighted by Gasteiger charge is 2.38. The average molecular weight is 473 g/mol. The van der Waals surface area contributed by atoms with Gasteiger partial charge in [-0.3, -0.25) is 9.10 Å². The SMILES string of the molecule is CCOc1ccccc1NC(=O)[C@@H]1CN(S(=O)(=O)c2ccccc2)c2cc(Cl)ccc2O1. The molecule has 0 radical (unpaired) electrons. The van der Waals surface area contributed by atoms with Crippen LogP contribution in [0.1, 0.15) is 6.92 Å². The molecular formula is C23H21ClN2O5S. The van der Waals surface area contributed by atoms with Gasteiger partial charge in [-0.2, -0.15) is 0 Å². The number of nitrogens with one attached hydrogen (secondary N) is 1. The minimum Gasteiger partial charge on any atom is -0.492 e. The number of carbonyl (C=O) groups excluding carboxylic acids is 1. The molecule has 7 nitrogen and oxygen atoms in total. The molecule has 3 aromatic rings. The molecule has 1 aliphatic rings. The Morgan fingerprint density at radius 3 is 2.59 bits per heavy atom. The predicted octanol–water partition coefficient (Wildman–Crippen LogP) is 4.33. The van der Waals surface area contributed by atoms with Crippen molar-refractivity contribution in [3.63, 3.8) is 0 Å². The first-order valence-corrected chi connectivity index (χ1v) is 11.8. The molecule has 0 fully saturated rings. The third kappa shape index (κ3) is 4.37. The van der Waals surface area contributed by atoms with Gasteiger partial charge in [0, 0.05) is 5.02 Å². The molecule has 4 rings (SSSR count). The van der Waals surface area contributed by atoms with E-state index in [1.54, 1.807) is 54.6 Å². The van der Waals surface area contributed by atoms with Crippen molar-refractivity contribution >= 4 is 38.9 Å². The lowest BCUT2D eigenvalue weighted by molar-refractivity contribution is -0.122. The number of halogens is 1. The van der Waals surface area contributed by atoms with Gasteiger partial charge in [0.2, 0.25) is 0 Å². The van der Waals surface area contributed by atoms with Gasteiger partial charge in [-0.1, -0.05) is 41.9 Å². The Labute approximate surface area is 191 Å². The summed E-state index contributed by atoms with van der Waals surface area (Å²) in [7, 11) is -3.96. The van der Waals surface area contributed by atoms with Crippen LogP contribution in [-0.2, 0) is 14.8 Å². The molecule has 0 unspecified atom stereocenters. The van der Waals surface area contributed by atoms with Crippen molar-refractivity contribution in [2.75, 3.05) is 22.8 Å². The van der Waals surface area contributed by atoms with Crippen molar-refractivity contribution in [1.82, 2.24) is 0 Å². The molecular weight excluding hydrogens is 452 g/mol. The number of anilines is 2. The van der Waals surface area contributed by atoms with Gasteiger partial charge in [0.15, 0.2) is 6.10 Å². The number of sulfonamides is 1. The van der Waals surface area contributed by atoms with Crippen LogP contribution in [0.2, 0.25) is 5.02 Å². The van der Waals surface area contributed by atoms with Crippen LogP contribution in [0.4, 0.5) is 11.4 Å². The molecule has 1 amide bonds. The molecule has 0 saturated carbocycles. The highest BCUT2D eigenvalue weighted by Crippen LogP contribution is 2.39. The van der Waals surface area contributed by atoms with E-state index in [1.165, 1.54) is 18.2 Å². The van der Waals surface area contributed by atoms with Crippen molar-refractivity contribution in [3.8, 4) is 11.5 Å². The van der Waals surface area contributed by atoms with E-state index < -0.39 is 22.0 Å². The first-order valence-electron chi connectivity index (χ1n) is 9.97. The maximum absolute atomic E-state index is 13.4. The van der Waals surface area contributed by atoms with Crippen molar-refractivity contribution in [2.45, 2.75) is 17.9 Å². The van der Waals surface area contributed by atoms with E-state index in [4.69, 9.17) is 21.1 Å². The van der Waals surface area contributed by atoms with Crippen LogP contribution in [0.5, 0.6) is 11.5 Å². The molecule has 0 spiro atoms. The molecule has 1 aliphatic heterocycles. The van der Waals surface area contributed by atoms with Gasteiger partial charge in [0.25, 0.3) is 15.9 Å². The third-order valence-corrected chi connectivity index (χ3v) is 6.89. The van der Waals surface area contributed by atoms with E-state index in [0.29, 0.717) is 23.1 Å². The predicted molar refractivity (Wildman–Crippen MR) is 123 cm³/mol. The Morgan fingerprint density at radius 2 is 1.84 bits per heavy atom. The van der Waals surface area contributed by atoms with E-state index in [0.717, 1.165) is 4.31 Å². The number of hydrogen-bond acceptors (Lipinski definition) is 5. The van der Waals surface area contributed by atoms with Crippen molar-refractivity contribution in [1.29, 1.82) is 0 Å². The zero-order valence-electron chi connectivity index (χ0n) is 17.2. The summed E-state index contributed by atoms with van der Waals surface area (Å²) in [5.74, 6) is 0.268. The van der Waals surface area contributed by atoms with E-state index in [9.17, 15) is 13.2 Å². The minimum absolute atomic E-state index is 0.105. The highest BCUT2D eigenvalue weighted by atomic mass is 35.5. The number of nitrogens with zero attached hydrogens (tertiary/aromatic N) is 1. The van der Waals surface area contributed by atoms with Gasteiger partial charge < -0.3 is 14.8 Å². The lowest BCUT2D eigenvalue weighted by Gasteiger charge is -2.35. The summed E-state index contributed by atoms with van der Waals surface area (Å²) in [4.78, 5) is 13.2. The van der Waals surface area contributed by atoms with Crippen LogP contribution in [-0.4, -0.2) is 33.6 Å². The smallest absolute Gasteiger partial charge is 0.267 e. The summed E-state index contributed by atoms with van der Waals surface area (Å²) < 4.78 is 39.4. The molecule has 1 heterocycles. The minimum atomic E-state index is -3.96. The second kappa shape index (κ2) is 9.10. The molecule has 166 valence electrons. The van der Waals surface area contributed by atoms with Crippen molar-refractivity contribution < 1.29 is 22.7 Å². The summed E-state index contributed by atoms with van der Waals surface area (Å²) in [6, 6.07) is 19.7. The van der Waals surface area contributed by atoms with Crippen LogP contribution < -0.4 is 19.1 Å². The fraction of sp³-hybridized carbons (Fsp3) is 0.174. The molecule has 0 aliphatic carbocycles. The van der Waals surface area contributed by atoms with Gasteiger partial charge in [-0.15, -0.1) is 0 Å². The summed E-state index contributed by atoms with van der Waals surface area (Å²) in [5, 5.41) is 3.14. The first kappa shape index (κ1) is 22.0. The average Bonchev–Trinajstić information content (AvgIpc) is 2.80. The molecule has 1 N–H and O–H groups in total. The number of rotatable bonds is 6. The largest absolute Gasteiger partial charge is 0.492 e. The summed E-state index contributed by atoms with van der Waals surface area (Å²) in [6.45, 7) is 2.06. The topological polar surface area (TPSA) is 84.9 Å². The van der Waals surface area contributed by atoms with Crippen LogP contribution in [0.15, 0.2) is 77.7 Å². The monoisotopic (exact) mass is 472 g/mol.